The zero-order valence-corrected chi connectivity index (χ0v) is 15.7. The summed E-state index contributed by atoms with van der Waals surface area (Å²) in [5.41, 5.74) is -0.482. The van der Waals surface area contributed by atoms with E-state index in [-0.39, 0.29) is 24.0 Å². The molecule has 1 aliphatic rings. The smallest absolute Gasteiger partial charge is 0.410 e. The van der Waals surface area contributed by atoms with Crippen molar-refractivity contribution in [3.8, 4) is 0 Å². The van der Waals surface area contributed by atoms with Crippen molar-refractivity contribution in [2.75, 3.05) is 39.3 Å². The van der Waals surface area contributed by atoms with Crippen LogP contribution < -0.4 is 10.6 Å². The number of piperazine rings is 1. The van der Waals surface area contributed by atoms with Crippen molar-refractivity contribution < 1.29 is 19.1 Å². The standard InChI is InChI=1S/C17H33N3O4/c1-6-13(15(21)23-7-2)10-18-11-14-12-20(9-8-19-14)16(22)24-17(3,4)5/h13-14,18-19H,6-12H2,1-5H3. The molecule has 1 aliphatic heterocycles. The second-order valence-corrected chi connectivity index (χ2v) is 7.09. The molecule has 0 radical (unpaired) electrons. The molecule has 140 valence electrons. The Bertz CT molecular complexity index is 409. The van der Waals surface area contributed by atoms with E-state index in [9.17, 15) is 9.59 Å². The van der Waals surface area contributed by atoms with Gasteiger partial charge in [-0.2, -0.15) is 0 Å². The first-order chi connectivity index (χ1) is 11.3. The average Bonchev–Trinajstić information content (AvgIpc) is 2.50. The lowest BCUT2D eigenvalue weighted by Crippen LogP contribution is -2.56. The van der Waals surface area contributed by atoms with Crippen molar-refractivity contribution in [2.24, 2.45) is 5.92 Å². The fourth-order valence-corrected chi connectivity index (χ4v) is 2.54. The van der Waals surface area contributed by atoms with Crippen molar-refractivity contribution in [3.63, 3.8) is 0 Å². The summed E-state index contributed by atoms with van der Waals surface area (Å²) >= 11 is 0. The molecule has 1 fully saturated rings. The molecule has 0 aromatic heterocycles. The van der Waals surface area contributed by atoms with Crippen LogP contribution in [-0.4, -0.2) is 67.9 Å². The Balaban J connectivity index is 2.37. The topological polar surface area (TPSA) is 79.9 Å². The van der Waals surface area contributed by atoms with Gasteiger partial charge in [0.05, 0.1) is 12.5 Å². The monoisotopic (exact) mass is 343 g/mol. The van der Waals surface area contributed by atoms with Crippen LogP contribution in [0.5, 0.6) is 0 Å². The maximum absolute atomic E-state index is 12.1. The van der Waals surface area contributed by atoms with E-state index in [4.69, 9.17) is 9.47 Å². The van der Waals surface area contributed by atoms with E-state index < -0.39 is 5.60 Å². The third-order valence-electron chi connectivity index (χ3n) is 3.80. The molecular formula is C17H33N3O4. The number of amides is 1. The number of hydrogen-bond acceptors (Lipinski definition) is 6. The Morgan fingerprint density at radius 2 is 2.04 bits per heavy atom. The second-order valence-electron chi connectivity index (χ2n) is 7.09. The number of carbonyl (C=O) groups excluding carboxylic acids is 2. The van der Waals surface area contributed by atoms with E-state index in [1.165, 1.54) is 0 Å². The Hall–Kier alpha value is -1.34. The first-order valence-electron chi connectivity index (χ1n) is 8.85. The Kier molecular flexibility index (Phi) is 8.48. The van der Waals surface area contributed by atoms with Gasteiger partial charge in [-0.3, -0.25) is 4.79 Å². The summed E-state index contributed by atoms with van der Waals surface area (Å²) in [5.74, 6) is -0.282. The minimum Gasteiger partial charge on any atom is -0.466 e. The Labute approximate surface area is 145 Å². The molecule has 2 atom stereocenters. The van der Waals surface area contributed by atoms with Gasteiger partial charge in [0.2, 0.25) is 0 Å². The zero-order valence-electron chi connectivity index (χ0n) is 15.7. The van der Waals surface area contributed by atoms with Crippen LogP contribution in [0.3, 0.4) is 0 Å². The zero-order chi connectivity index (χ0) is 18.2. The summed E-state index contributed by atoms with van der Waals surface area (Å²) in [4.78, 5) is 25.7. The molecule has 0 aliphatic carbocycles. The highest BCUT2D eigenvalue weighted by molar-refractivity contribution is 5.72. The van der Waals surface area contributed by atoms with Crippen molar-refractivity contribution in [1.82, 2.24) is 15.5 Å². The average molecular weight is 343 g/mol. The predicted octanol–water partition coefficient (Wildman–Crippen LogP) is 1.37. The maximum Gasteiger partial charge on any atom is 0.410 e. The van der Waals surface area contributed by atoms with Gasteiger partial charge in [-0.05, 0) is 34.1 Å². The van der Waals surface area contributed by atoms with Crippen LogP contribution >= 0.6 is 0 Å². The summed E-state index contributed by atoms with van der Waals surface area (Å²) < 4.78 is 10.5. The number of carbonyl (C=O) groups is 2. The number of esters is 1. The van der Waals surface area contributed by atoms with Gasteiger partial charge in [0.25, 0.3) is 0 Å². The van der Waals surface area contributed by atoms with Crippen molar-refractivity contribution >= 4 is 12.1 Å². The molecule has 1 amide bonds. The maximum atomic E-state index is 12.1. The van der Waals surface area contributed by atoms with Gasteiger partial charge in [0.15, 0.2) is 0 Å². The van der Waals surface area contributed by atoms with Crippen LogP contribution in [-0.2, 0) is 14.3 Å². The van der Waals surface area contributed by atoms with Gasteiger partial charge in [0, 0.05) is 38.8 Å². The van der Waals surface area contributed by atoms with Crippen LogP contribution in [0.15, 0.2) is 0 Å². The van der Waals surface area contributed by atoms with Crippen LogP contribution in [0.2, 0.25) is 0 Å². The summed E-state index contributed by atoms with van der Waals surface area (Å²) in [6.45, 7) is 13.1. The van der Waals surface area contributed by atoms with Crippen molar-refractivity contribution in [3.05, 3.63) is 0 Å². The Morgan fingerprint density at radius 1 is 1.33 bits per heavy atom. The molecule has 24 heavy (non-hydrogen) atoms. The molecule has 7 heteroatoms. The summed E-state index contributed by atoms with van der Waals surface area (Å²) in [5, 5.41) is 6.70. The fourth-order valence-electron chi connectivity index (χ4n) is 2.54. The molecule has 0 aromatic carbocycles. The van der Waals surface area contributed by atoms with E-state index in [0.717, 1.165) is 13.0 Å². The van der Waals surface area contributed by atoms with Gasteiger partial charge in [-0.15, -0.1) is 0 Å². The molecule has 2 unspecified atom stereocenters. The minimum atomic E-state index is -0.482. The number of hydrogen-bond donors (Lipinski definition) is 2. The number of rotatable bonds is 7. The highest BCUT2D eigenvalue weighted by atomic mass is 16.6. The minimum absolute atomic E-state index is 0.129. The van der Waals surface area contributed by atoms with Crippen LogP contribution in [0.25, 0.3) is 0 Å². The molecule has 1 saturated heterocycles. The normalized spacial score (nSPS) is 19.7. The number of nitrogens with one attached hydrogen (secondary N) is 2. The highest BCUT2D eigenvalue weighted by Gasteiger charge is 2.27. The van der Waals surface area contributed by atoms with Gasteiger partial charge < -0.3 is 25.0 Å². The quantitative estimate of drug-likeness (QED) is 0.680. The largest absolute Gasteiger partial charge is 0.466 e. The summed E-state index contributed by atoms with van der Waals surface area (Å²) in [6, 6.07) is 0.144. The molecule has 1 rings (SSSR count). The van der Waals surface area contributed by atoms with Gasteiger partial charge in [-0.25, -0.2) is 4.79 Å². The van der Waals surface area contributed by atoms with Crippen molar-refractivity contribution in [2.45, 2.75) is 52.7 Å². The van der Waals surface area contributed by atoms with E-state index in [1.54, 1.807) is 4.90 Å². The molecule has 0 bridgehead atoms. The van der Waals surface area contributed by atoms with E-state index in [0.29, 0.717) is 32.8 Å². The molecule has 0 saturated carbocycles. The molecule has 1 heterocycles. The first kappa shape index (κ1) is 20.7. The van der Waals surface area contributed by atoms with E-state index in [1.807, 2.05) is 34.6 Å². The van der Waals surface area contributed by atoms with E-state index in [2.05, 4.69) is 10.6 Å². The number of nitrogens with zero attached hydrogens (tertiary/aromatic N) is 1. The third-order valence-corrected chi connectivity index (χ3v) is 3.80. The van der Waals surface area contributed by atoms with Gasteiger partial charge in [0.1, 0.15) is 5.60 Å². The van der Waals surface area contributed by atoms with Gasteiger partial charge >= 0.3 is 12.1 Å². The highest BCUT2D eigenvalue weighted by Crippen LogP contribution is 2.11. The lowest BCUT2D eigenvalue weighted by molar-refractivity contribution is -0.147. The molecule has 7 nitrogen and oxygen atoms in total. The number of ether oxygens (including phenoxy) is 2. The molecule has 0 aromatic rings. The first-order valence-corrected chi connectivity index (χ1v) is 8.85. The SMILES string of the molecule is CCOC(=O)C(CC)CNCC1CN(C(=O)OC(C)(C)C)CCN1. The second kappa shape index (κ2) is 9.84. The summed E-state index contributed by atoms with van der Waals surface area (Å²) in [6.07, 6.45) is 0.473. The van der Waals surface area contributed by atoms with E-state index >= 15 is 0 Å². The lowest BCUT2D eigenvalue weighted by Gasteiger charge is -2.35. The third kappa shape index (κ3) is 7.49. The molecule has 2 N–H and O–H groups in total. The van der Waals surface area contributed by atoms with Crippen molar-refractivity contribution in [1.29, 1.82) is 0 Å². The Morgan fingerprint density at radius 3 is 2.62 bits per heavy atom. The molecular weight excluding hydrogens is 310 g/mol. The molecule has 0 spiro atoms. The lowest BCUT2D eigenvalue weighted by atomic mass is 10.1. The summed E-state index contributed by atoms with van der Waals surface area (Å²) in [7, 11) is 0. The van der Waals surface area contributed by atoms with Crippen LogP contribution in [0, 0.1) is 5.92 Å². The van der Waals surface area contributed by atoms with Crippen LogP contribution in [0.1, 0.15) is 41.0 Å². The predicted molar refractivity (Wildman–Crippen MR) is 92.9 cm³/mol. The van der Waals surface area contributed by atoms with Crippen LogP contribution in [0.4, 0.5) is 4.79 Å². The van der Waals surface area contributed by atoms with Gasteiger partial charge in [-0.1, -0.05) is 6.92 Å². The fraction of sp³-hybridized carbons (Fsp3) is 0.882.